The van der Waals surface area contributed by atoms with Gasteiger partial charge >= 0.3 is 5.97 Å². The van der Waals surface area contributed by atoms with Crippen LogP contribution in [-0.2, 0) is 18.4 Å². The number of hydrogen-bond acceptors (Lipinski definition) is 4. The lowest BCUT2D eigenvalue weighted by atomic mass is 9.76. The molecular weight excluding hydrogens is 292 g/mol. The number of nitrogens with zero attached hydrogens (tertiary/aromatic N) is 4. The Kier molecular flexibility index (Phi) is 4.73. The Balaban J connectivity index is 1.58. The molecule has 0 bridgehead atoms. The third-order valence-corrected chi connectivity index (χ3v) is 5.48. The summed E-state index contributed by atoms with van der Waals surface area (Å²) in [5.74, 6) is -0.645. The zero-order valence-electron chi connectivity index (χ0n) is 14.2. The lowest BCUT2D eigenvalue weighted by Crippen LogP contribution is -2.41. The summed E-state index contributed by atoms with van der Waals surface area (Å²) in [5, 5.41) is 13.7. The van der Waals surface area contributed by atoms with Gasteiger partial charge in [0.2, 0.25) is 0 Å². The van der Waals surface area contributed by atoms with Crippen LogP contribution in [0.3, 0.4) is 0 Å². The van der Waals surface area contributed by atoms with Crippen molar-refractivity contribution in [1.29, 1.82) is 0 Å². The van der Waals surface area contributed by atoms with Crippen molar-refractivity contribution in [3.63, 3.8) is 0 Å². The second-order valence-corrected chi connectivity index (χ2v) is 7.33. The van der Waals surface area contributed by atoms with Gasteiger partial charge in [-0.1, -0.05) is 6.92 Å². The molecule has 1 aromatic rings. The fourth-order valence-electron chi connectivity index (χ4n) is 4.27. The first-order valence-corrected chi connectivity index (χ1v) is 8.68. The average Bonchev–Trinajstić information content (AvgIpc) is 3.07. The van der Waals surface area contributed by atoms with E-state index in [-0.39, 0.29) is 11.5 Å². The minimum absolute atomic E-state index is 0.212. The second kappa shape index (κ2) is 6.61. The van der Waals surface area contributed by atoms with Crippen LogP contribution in [0.4, 0.5) is 0 Å². The number of carboxylic acid groups (broad SMARTS) is 1. The van der Waals surface area contributed by atoms with Gasteiger partial charge in [0, 0.05) is 31.9 Å². The van der Waals surface area contributed by atoms with Gasteiger partial charge in [0.05, 0.1) is 6.20 Å². The van der Waals surface area contributed by atoms with Crippen molar-refractivity contribution in [3.8, 4) is 0 Å². The Morgan fingerprint density at radius 1 is 1.43 bits per heavy atom. The monoisotopic (exact) mass is 320 g/mol. The van der Waals surface area contributed by atoms with Gasteiger partial charge in [0.15, 0.2) is 0 Å². The minimum Gasteiger partial charge on any atom is -0.480 e. The van der Waals surface area contributed by atoms with E-state index in [0.29, 0.717) is 0 Å². The Bertz CT molecular complexity index is 549. The van der Waals surface area contributed by atoms with Crippen LogP contribution in [0.25, 0.3) is 0 Å². The average molecular weight is 320 g/mol. The van der Waals surface area contributed by atoms with E-state index in [1.165, 1.54) is 5.56 Å². The van der Waals surface area contributed by atoms with E-state index < -0.39 is 5.97 Å². The first-order chi connectivity index (χ1) is 11.0. The molecule has 0 unspecified atom stereocenters. The highest BCUT2D eigenvalue weighted by Gasteiger charge is 2.47. The predicted molar refractivity (Wildman–Crippen MR) is 88.1 cm³/mol. The second-order valence-electron chi connectivity index (χ2n) is 7.33. The summed E-state index contributed by atoms with van der Waals surface area (Å²) in [6.45, 7) is 7.05. The maximum absolute atomic E-state index is 11.6. The number of carbonyl (C=O) groups is 1. The molecule has 3 heterocycles. The molecule has 2 aliphatic heterocycles. The summed E-state index contributed by atoms with van der Waals surface area (Å²) in [6.07, 6.45) is 8.07. The fraction of sp³-hybridized carbons (Fsp3) is 0.765. The van der Waals surface area contributed by atoms with Crippen molar-refractivity contribution in [2.45, 2.75) is 45.2 Å². The van der Waals surface area contributed by atoms with Crippen molar-refractivity contribution in [3.05, 3.63) is 18.0 Å². The van der Waals surface area contributed by atoms with Gasteiger partial charge in [-0.15, -0.1) is 0 Å². The Morgan fingerprint density at radius 3 is 2.74 bits per heavy atom. The molecule has 1 spiro atoms. The molecule has 3 rings (SSSR count). The molecular formula is C17H28N4O2. The highest BCUT2D eigenvalue weighted by atomic mass is 16.4. The molecule has 1 N–H and O–H groups in total. The lowest BCUT2D eigenvalue weighted by molar-refractivity contribution is -0.142. The molecule has 6 nitrogen and oxygen atoms in total. The zero-order chi connectivity index (χ0) is 16.4. The smallest absolute Gasteiger partial charge is 0.320 e. The molecule has 1 atom stereocenters. The van der Waals surface area contributed by atoms with Crippen LogP contribution in [-0.4, -0.2) is 62.9 Å². The van der Waals surface area contributed by atoms with Crippen LogP contribution in [0.5, 0.6) is 0 Å². The summed E-state index contributed by atoms with van der Waals surface area (Å²) >= 11 is 0. The summed E-state index contributed by atoms with van der Waals surface area (Å²) in [6, 6.07) is -0.278. The van der Waals surface area contributed by atoms with E-state index in [1.54, 1.807) is 0 Å². The number of aryl methyl sites for hydroxylation is 1. The quantitative estimate of drug-likeness (QED) is 0.892. The minimum atomic E-state index is -0.645. The lowest BCUT2D eigenvalue weighted by Gasteiger charge is -2.39. The molecule has 0 radical (unpaired) electrons. The van der Waals surface area contributed by atoms with E-state index in [9.17, 15) is 9.90 Å². The molecule has 2 saturated heterocycles. The van der Waals surface area contributed by atoms with Gasteiger partial charge < -0.3 is 5.11 Å². The molecule has 0 amide bonds. The Hall–Kier alpha value is -1.40. The molecule has 6 heteroatoms. The maximum Gasteiger partial charge on any atom is 0.320 e. The van der Waals surface area contributed by atoms with Crippen molar-refractivity contribution in [2.75, 3.05) is 26.2 Å². The van der Waals surface area contributed by atoms with Crippen molar-refractivity contribution >= 4 is 5.97 Å². The van der Waals surface area contributed by atoms with E-state index in [4.69, 9.17) is 0 Å². The molecule has 0 aliphatic carbocycles. The van der Waals surface area contributed by atoms with Gasteiger partial charge in [0.25, 0.3) is 0 Å². The van der Waals surface area contributed by atoms with Gasteiger partial charge in [0.1, 0.15) is 6.04 Å². The van der Waals surface area contributed by atoms with E-state index in [0.717, 1.165) is 58.4 Å². The van der Waals surface area contributed by atoms with Gasteiger partial charge in [-0.3, -0.25) is 19.3 Å². The first-order valence-electron chi connectivity index (χ1n) is 8.68. The number of aromatic nitrogens is 2. The van der Waals surface area contributed by atoms with Crippen LogP contribution in [0.2, 0.25) is 0 Å². The molecule has 23 heavy (non-hydrogen) atoms. The topological polar surface area (TPSA) is 61.6 Å². The SMILES string of the molecule is CCCN1CC2(CCN(Cc3cnn(C)c3)CC2)C[C@H]1C(=O)O. The van der Waals surface area contributed by atoms with Crippen LogP contribution in [0, 0.1) is 5.41 Å². The largest absolute Gasteiger partial charge is 0.480 e. The van der Waals surface area contributed by atoms with Gasteiger partial charge in [-0.2, -0.15) is 5.10 Å². The predicted octanol–water partition coefficient (Wildman–Crippen LogP) is 1.57. The fourth-order valence-corrected chi connectivity index (χ4v) is 4.27. The van der Waals surface area contributed by atoms with Gasteiger partial charge in [-0.25, -0.2) is 0 Å². The number of carboxylic acids is 1. The molecule has 1 aromatic heterocycles. The third-order valence-electron chi connectivity index (χ3n) is 5.48. The molecule has 2 aliphatic rings. The van der Waals surface area contributed by atoms with E-state index >= 15 is 0 Å². The van der Waals surface area contributed by atoms with E-state index in [1.807, 2.05) is 17.9 Å². The highest BCUT2D eigenvalue weighted by molar-refractivity contribution is 5.74. The standard InChI is InChI=1S/C17H28N4O2/c1-3-6-21-13-17(9-15(21)16(22)23)4-7-20(8-5-17)12-14-10-18-19(2)11-14/h10-11,15H,3-9,12-13H2,1-2H3,(H,22,23)/t15-/m0/s1. The number of hydrogen-bond donors (Lipinski definition) is 1. The molecule has 128 valence electrons. The Morgan fingerprint density at radius 2 is 2.17 bits per heavy atom. The number of piperidine rings is 1. The highest BCUT2D eigenvalue weighted by Crippen LogP contribution is 2.43. The molecule has 0 aromatic carbocycles. The number of aliphatic carboxylic acids is 1. The summed E-state index contributed by atoms with van der Waals surface area (Å²) in [7, 11) is 1.95. The summed E-state index contributed by atoms with van der Waals surface area (Å²) in [5.41, 5.74) is 1.47. The number of likely N-dealkylation sites (tertiary alicyclic amines) is 2. The van der Waals surface area contributed by atoms with Crippen LogP contribution in [0.15, 0.2) is 12.4 Å². The number of rotatable bonds is 5. The Labute approximate surface area is 138 Å². The zero-order valence-corrected chi connectivity index (χ0v) is 14.2. The van der Waals surface area contributed by atoms with Gasteiger partial charge in [-0.05, 0) is 50.7 Å². The molecule has 0 saturated carbocycles. The third kappa shape index (κ3) is 3.58. The van der Waals surface area contributed by atoms with Crippen molar-refractivity contribution in [1.82, 2.24) is 19.6 Å². The summed E-state index contributed by atoms with van der Waals surface area (Å²) in [4.78, 5) is 16.2. The molecule has 2 fully saturated rings. The van der Waals surface area contributed by atoms with Crippen LogP contribution in [0.1, 0.15) is 38.2 Å². The van der Waals surface area contributed by atoms with Crippen molar-refractivity contribution < 1.29 is 9.90 Å². The maximum atomic E-state index is 11.6. The summed E-state index contributed by atoms with van der Waals surface area (Å²) < 4.78 is 1.85. The van der Waals surface area contributed by atoms with Crippen LogP contribution < -0.4 is 0 Å². The first kappa shape index (κ1) is 16.5. The normalized spacial score (nSPS) is 25.2. The van der Waals surface area contributed by atoms with E-state index in [2.05, 4.69) is 28.0 Å². The van der Waals surface area contributed by atoms with Crippen LogP contribution >= 0.6 is 0 Å². The van der Waals surface area contributed by atoms with Crippen molar-refractivity contribution in [2.24, 2.45) is 12.5 Å².